The normalized spacial score (nSPS) is 11.0. The first-order chi connectivity index (χ1) is 30.6. The second-order valence-electron chi connectivity index (χ2n) is 15.9. The fourth-order valence-electron chi connectivity index (χ4n) is 7.20. The molecule has 0 saturated heterocycles. The number of Topliss-reactive ketones (excluding diaryl/α,β-unsaturated/α-hetero) is 2. The molecule has 7 nitrogen and oxygen atoms in total. The first kappa shape index (κ1) is 45.3. The van der Waals surface area contributed by atoms with Crippen LogP contribution in [0.1, 0.15) is 50.1 Å². The number of ketones is 2. The van der Waals surface area contributed by atoms with E-state index in [-0.39, 0.29) is 54.6 Å². The first-order valence-electron chi connectivity index (χ1n) is 20.5. The molecule has 0 fully saturated rings. The molecule has 6 aromatic carbocycles. The van der Waals surface area contributed by atoms with E-state index in [1.165, 1.54) is 17.7 Å². The highest BCUT2D eigenvalue weighted by molar-refractivity contribution is 6.32. The molecular formula is C53H44Cl2F2N2O5. The lowest BCUT2D eigenvalue weighted by atomic mass is 10.0. The Labute approximate surface area is 380 Å². The minimum Gasteiger partial charge on any atom is -0.508 e. The fraction of sp³-hybridized carbons (Fsp3) is 0.170. The Balaban J connectivity index is 0.000000191. The number of carbonyl (C=O) groups is 2. The Kier molecular flexibility index (Phi) is 14.0. The lowest BCUT2D eigenvalue weighted by Crippen LogP contribution is -2.08. The van der Waals surface area contributed by atoms with Crippen molar-refractivity contribution in [1.82, 2.24) is 9.97 Å². The molecule has 0 radical (unpaired) electrons. The molecule has 324 valence electrons. The summed E-state index contributed by atoms with van der Waals surface area (Å²) in [5.74, 6) is 1.54. The number of fused-ring (bicyclic) bond motifs is 2. The largest absolute Gasteiger partial charge is 0.508 e. The molecule has 0 amide bonds. The van der Waals surface area contributed by atoms with Crippen molar-refractivity contribution in [3.05, 3.63) is 193 Å². The molecule has 0 atom stereocenters. The van der Waals surface area contributed by atoms with Crippen LogP contribution in [-0.4, -0.2) is 26.6 Å². The molecule has 8 aromatic rings. The number of hydrogen-bond acceptors (Lipinski definition) is 7. The smallest absolute Gasteiger partial charge is 0.141 e. The van der Waals surface area contributed by atoms with Crippen molar-refractivity contribution >= 4 is 56.6 Å². The molecular weight excluding hydrogens is 853 g/mol. The van der Waals surface area contributed by atoms with Crippen LogP contribution in [0.5, 0.6) is 28.7 Å². The number of benzene rings is 6. The Bertz CT molecular complexity index is 2880. The maximum absolute atomic E-state index is 14.0. The number of hydrogen-bond donors (Lipinski definition) is 1. The van der Waals surface area contributed by atoms with Crippen LogP contribution in [0, 0.1) is 46.3 Å². The van der Waals surface area contributed by atoms with Gasteiger partial charge in [0.2, 0.25) is 0 Å². The zero-order valence-electron chi connectivity index (χ0n) is 35.9. The molecule has 1 N–H and O–H groups in total. The third-order valence-electron chi connectivity index (χ3n) is 10.8. The van der Waals surface area contributed by atoms with Gasteiger partial charge in [0.1, 0.15) is 51.9 Å². The summed E-state index contributed by atoms with van der Waals surface area (Å²) in [4.78, 5) is 33.7. The van der Waals surface area contributed by atoms with Crippen molar-refractivity contribution in [2.75, 3.05) is 0 Å². The second kappa shape index (κ2) is 19.8. The molecule has 0 bridgehead atoms. The molecule has 11 heteroatoms. The summed E-state index contributed by atoms with van der Waals surface area (Å²) in [5.41, 5.74) is 8.47. The molecule has 2 heterocycles. The van der Waals surface area contributed by atoms with Gasteiger partial charge < -0.3 is 14.6 Å². The van der Waals surface area contributed by atoms with Crippen LogP contribution in [0.4, 0.5) is 8.78 Å². The minimum atomic E-state index is -0.382. The van der Waals surface area contributed by atoms with E-state index in [1.807, 2.05) is 32.0 Å². The summed E-state index contributed by atoms with van der Waals surface area (Å²) >= 11 is 12.9. The molecule has 0 aliphatic heterocycles. The van der Waals surface area contributed by atoms with Crippen LogP contribution in [0.15, 0.2) is 122 Å². The summed E-state index contributed by atoms with van der Waals surface area (Å²) in [5, 5.41) is 12.4. The number of ether oxygens (including phenoxy) is 2. The van der Waals surface area contributed by atoms with Crippen molar-refractivity contribution in [1.29, 1.82) is 0 Å². The average Bonchev–Trinajstić information content (AvgIpc) is 3.24. The zero-order chi connectivity index (χ0) is 45.7. The van der Waals surface area contributed by atoms with E-state index < -0.39 is 0 Å². The standard InChI is InChI=1S/C27H23ClFNO2.C26H21ClFNO3/c1-16-4-7-25(29)20(10-16)14-21(31)13-19-5-6-22(15-24(19)28)32-27-8-9-30-26-12-18(3)17(2)11-23(26)27;1-15-3-6-23(28)18(9-15)12-19(30)11-17-4-5-20(13-22(17)27)32-26-7-8-29-24-14-25(31)16(2)10-21(24)26/h4-12,15H,13-14H2,1-3H3;3-10,13-14,31H,11-12H2,1-2H3. The van der Waals surface area contributed by atoms with Crippen molar-refractivity contribution in [2.45, 2.75) is 60.3 Å². The van der Waals surface area contributed by atoms with E-state index in [1.54, 1.807) is 92.1 Å². The van der Waals surface area contributed by atoms with Gasteiger partial charge >= 0.3 is 0 Å². The molecule has 0 unspecified atom stereocenters. The number of phenols is 1. The number of nitrogens with zero attached hydrogens (tertiary/aromatic N) is 2. The van der Waals surface area contributed by atoms with Crippen molar-refractivity contribution < 1.29 is 33.0 Å². The quantitative estimate of drug-likeness (QED) is 0.130. The van der Waals surface area contributed by atoms with E-state index in [0.29, 0.717) is 66.4 Å². The van der Waals surface area contributed by atoms with E-state index >= 15 is 0 Å². The fourth-order valence-corrected chi connectivity index (χ4v) is 7.67. The van der Waals surface area contributed by atoms with E-state index in [0.717, 1.165) is 33.0 Å². The van der Waals surface area contributed by atoms with Gasteiger partial charge in [0, 0.05) is 65.0 Å². The first-order valence-corrected chi connectivity index (χ1v) is 21.3. The van der Waals surface area contributed by atoms with Gasteiger partial charge in [0.25, 0.3) is 0 Å². The Morgan fingerprint density at radius 2 is 0.938 bits per heavy atom. The van der Waals surface area contributed by atoms with E-state index in [4.69, 9.17) is 32.7 Å². The maximum Gasteiger partial charge on any atom is 0.141 e. The van der Waals surface area contributed by atoms with Crippen LogP contribution < -0.4 is 9.47 Å². The molecule has 0 spiro atoms. The number of carbonyl (C=O) groups excluding carboxylic acids is 2. The van der Waals surface area contributed by atoms with Crippen LogP contribution in [-0.2, 0) is 35.3 Å². The predicted molar refractivity (Wildman–Crippen MR) is 250 cm³/mol. The van der Waals surface area contributed by atoms with Crippen LogP contribution in [0.25, 0.3) is 21.8 Å². The maximum atomic E-state index is 14.0. The third-order valence-corrected chi connectivity index (χ3v) is 11.5. The Morgan fingerprint density at radius 3 is 1.41 bits per heavy atom. The lowest BCUT2D eigenvalue weighted by Gasteiger charge is -2.12. The Morgan fingerprint density at radius 1 is 0.516 bits per heavy atom. The topological polar surface area (TPSA) is 98.6 Å². The highest BCUT2D eigenvalue weighted by atomic mass is 35.5. The van der Waals surface area contributed by atoms with Gasteiger partial charge in [-0.3, -0.25) is 19.6 Å². The molecule has 64 heavy (non-hydrogen) atoms. The van der Waals surface area contributed by atoms with Crippen LogP contribution >= 0.6 is 23.2 Å². The zero-order valence-corrected chi connectivity index (χ0v) is 37.4. The molecule has 0 aliphatic rings. The van der Waals surface area contributed by atoms with Crippen molar-refractivity contribution in [3.63, 3.8) is 0 Å². The SMILES string of the molecule is Cc1ccc(F)c(CC(=O)Cc2ccc(Oc3ccnc4cc(C)c(C)cc34)cc2Cl)c1.Cc1ccc(F)c(CC(=O)Cc2ccc(Oc3ccnc4cc(O)c(C)cc34)cc2Cl)c1. The molecule has 0 aliphatic carbocycles. The average molecular weight is 898 g/mol. The number of rotatable bonds is 12. The van der Waals surface area contributed by atoms with Crippen molar-refractivity contribution in [2.24, 2.45) is 0 Å². The number of aromatic hydroxyl groups is 1. The molecule has 0 saturated carbocycles. The number of phenolic OH excluding ortho intramolecular Hbond substituents is 1. The van der Waals surface area contributed by atoms with Gasteiger partial charge in [-0.1, -0.05) is 70.7 Å². The number of aryl methyl sites for hydroxylation is 5. The number of aromatic nitrogens is 2. The summed E-state index contributed by atoms with van der Waals surface area (Å²) in [7, 11) is 0. The van der Waals surface area contributed by atoms with Crippen LogP contribution in [0.2, 0.25) is 10.0 Å². The highest BCUT2D eigenvalue weighted by Gasteiger charge is 2.16. The molecule has 8 rings (SSSR count). The van der Waals surface area contributed by atoms with Crippen molar-refractivity contribution in [3.8, 4) is 28.7 Å². The van der Waals surface area contributed by atoms with Gasteiger partial charge in [-0.15, -0.1) is 0 Å². The highest BCUT2D eigenvalue weighted by Crippen LogP contribution is 2.35. The van der Waals surface area contributed by atoms with E-state index in [9.17, 15) is 23.5 Å². The van der Waals surface area contributed by atoms with Gasteiger partial charge in [-0.2, -0.15) is 0 Å². The third kappa shape index (κ3) is 11.1. The Hall–Kier alpha value is -6.68. The lowest BCUT2D eigenvalue weighted by molar-refractivity contribution is -0.118. The monoisotopic (exact) mass is 896 g/mol. The van der Waals surface area contributed by atoms with Gasteiger partial charge in [0.05, 0.1) is 11.0 Å². The summed E-state index contributed by atoms with van der Waals surface area (Å²) in [6.07, 6.45) is 3.59. The second-order valence-corrected chi connectivity index (χ2v) is 16.7. The van der Waals surface area contributed by atoms with Gasteiger partial charge in [-0.25, -0.2) is 8.78 Å². The minimum absolute atomic E-state index is 0.0112. The summed E-state index contributed by atoms with van der Waals surface area (Å²) in [6, 6.07) is 31.0. The predicted octanol–water partition coefficient (Wildman–Crippen LogP) is 13.6. The summed E-state index contributed by atoms with van der Waals surface area (Å²) in [6.45, 7) is 9.64. The van der Waals surface area contributed by atoms with E-state index in [2.05, 4.69) is 29.9 Å². The number of pyridine rings is 2. The van der Waals surface area contributed by atoms with Gasteiger partial charge in [-0.05, 0) is 140 Å². The van der Waals surface area contributed by atoms with Crippen LogP contribution in [0.3, 0.4) is 0 Å². The van der Waals surface area contributed by atoms with Gasteiger partial charge in [0.15, 0.2) is 0 Å². The molecule has 2 aromatic heterocycles. The number of halogens is 4. The summed E-state index contributed by atoms with van der Waals surface area (Å²) < 4.78 is 40.0.